The molecule has 1 rings (SSSR count). The van der Waals surface area contributed by atoms with Crippen LogP contribution in [0.15, 0.2) is 18.2 Å². The maximum Gasteiger partial charge on any atom is 0.416 e. The number of carbonyl (C=O) groups is 1. The van der Waals surface area contributed by atoms with Gasteiger partial charge in [0.15, 0.2) is 0 Å². The Bertz CT molecular complexity index is 476. The lowest BCUT2D eigenvalue weighted by Gasteiger charge is -2.19. The van der Waals surface area contributed by atoms with Crippen LogP contribution in [0.5, 0.6) is 0 Å². The van der Waals surface area contributed by atoms with E-state index >= 15 is 0 Å². The summed E-state index contributed by atoms with van der Waals surface area (Å²) in [5.74, 6) is -0.426. The van der Waals surface area contributed by atoms with Gasteiger partial charge >= 0.3 is 6.18 Å². The van der Waals surface area contributed by atoms with Gasteiger partial charge < -0.3 is 11.1 Å². The van der Waals surface area contributed by atoms with E-state index in [1.165, 1.54) is 13.0 Å². The van der Waals surface area contributed by atoms with E-state index in [-0.39, 0.29) is 17.7 Å². The molecule has 0 aromatic heterocycles. The number of alkyl halides is 3. The van der Waals surface area contributed by atoms with E-state index in [2.05, 4.69) is 5.32 Å². The Morgan fingerprint density at radius 2 is 1.89 bits per heavy atom. The summed E-state index contributed by atoms with van der Waals surface area (Å²) in [5, 5.41) is 2.59. The van der Waals surface area contributed by atoms with Gasteiger partial charge in [0.05, 0.1) is 5.56 Å². The summed E-state index contributed by atoms with van der Waals surface area (Å²) in [6.07, 6.45) is -4.40. The molecule has 1 aromatic rings. The highest BCUT2D eigenvalue weighted by Gasteiger charge is 2.31. The van der Waals surface area contributed by atoms with Gasteiger partial charge in [-0.1, -0.05) is 0 Å². The van der Waals surface area contributed by atoms with Crippen LogP contribution in [0.25, 0.3) is 0 Å². The average molecular weight is 274 g/mol. The lowest BCUT2D eigenvalue weighted by atomic mass is 10.0. The fourth-order valence-electron chi connectivity index (χ4n) is 1.50. The number of nitrogens with two attached hydrogens (primary N) is 1. The van der Waals surface area contributed by atoms with Crippen LogP contribution >= 0.6 is 0 Å². The van der Waals surface area contributed by atoms with Gasteiger partial charge in [-0.15, -0.1) is 0 Å². The standard InChI is InChI=1S/C13H17F3N2O/c1-8-6-9(13(14,15)16)4-5-10(8)11(19)18-7-12(2,3)17/h4-6H,7,17H2,1-3H3,(H,18,19). The minimum atomic E-state index is -4.40. The Morgan fingerprint density at radius 1 is 1.32 bits per heavy atom. The molecule has 1 aromatic carbocycles. The average Bonchev–Trinajstić information content (AvgIpc) is 2.23. The number of amides is 1. The molecule has 106 valence electrons. The van der Waals surface area contributed by atoms with E-state index in [9.17, 15) is 18.0 Å². The van der Waals surface area contributed by atoms with Gasteiger partial charge in [0.1, 0.15) is 0 Å². The Hall–Kier alpha value is -1.56. The zero-order valence-corrected chi connectivity index (χ0v) is 11.1. The minimum absolute atomic E-state index is 0.220. The van der Waals surface area contributed by atoms with E-state index in [1.807, 2.05) is 0 Å². The SMILES string of the molecule is Cc1cc(C(F)(F)F)ccc1C(=O)NCC(C)(C)N. The van der Waals surface area contributed by atoms with Gasteiger partial charge in [-0.2, -0.15) is 13.2 Å². The second-order valence-electron chi connectivity index (χ2n) is 5.20. The number of benzene rings is 1. The summed E-state index contributed by atoms with van der Waals surface area (Å²) in [4.78, 5) is 11.8. The molecule has 6 heteroatoms. The van der Waals surface area contributed by atoms with Crippen LogP contribution in [-0.2, 0) is 6.18 Å². The predicted octanol–water partition coefficient (Wildman–Crippen LogP) is 2.48. The number of nitrogens with one attached hydrogen (secondary N) is 1. The van der Waals surface area contributed by atoms with Crippen molar-refractivity contribution in [2.45, 2.75) is 32.5 Å². The zero-order valence-electron chi connectivity index (χ0n) is 11.1. The topological polar surface area (TPSA) is 55.1 Å². The molecule has 1 amide bonds. The molecule has 0 heterocycles. The number of aryl methyl sites for hydroxylation is 1. The zero-order chi connectivity index (χ0) is 14.8. The molecule has 0 aliphatic carbocycles. The first-order valence-electron chi connectivity index (χ1n) is 5.75. The smallest absolute Gasteiger partial charge is 0.350 e. The van der Waals surface area contributed by atoms with Crippen LogP contribution in [0.3, 0.4) is 0 Å². The molecule has 3 nitrogen and oxygen atoms in total. The molecule has 0 fully saturated rings. The molecule has 0 spiro atoms. The molecular formula is C13H17F3N2O. The fourth-order valence-corrected chi connectivity index (χ4v) is 1.50. The van der Waals surface area contributed by atoms with Crippen LogP contribution < -0.4 is 11.1 Å². The Balaban J connectivity index is 2.88. The Morgan fingerprint density at radius 3 is 2.32 bits per heavy atom. The second-order valence-corrected chi connectivity index (χ2v) is 5.20. The third-order valence-corrected chi connectivity index (χ3v) is 2.50. The van der Waals surface area contributed by atoms with Gasteiger partial charge in [0.2, 0.25) is 0 Å². The molecule has 0 aliphatic rings. The van der Waals surface area contributed by atoms with E-state index in [4.69, 9.17) is 5.73 Å². The first-order chi connectivity index (χ1) is 8.50. The van der Waals surface area contributed by atoms with Crippen molar-refractivity contribution in [2.75, 3.05) is 6.54 Å². The van der Waals surface area contributed by atoms with Crippen molar-refractivity contribution in [1.82, 2.24) is 5.32 Å². The summed E-state index contributed by atoms with van der Waals surface area (Å²) in [6.45, 7) is 5.20. The number of carbonyl (C=O) groups excluding carboxylic acids is 1. The van der Waals surface area contributed by atoms with Gasteiger partial charge in [0.25, 0.3) is 5.91 Å². The van der Waals surface area contributed by atoms with Crippen LogP contribution in [0, 0.1) is 6.92 Å². The van der Waals surface area contributed by atoms with E-state index in [1.54, 1.807) is 13.8 Å². The maximum absolute atomic E-state index is 12.5. The molecule has 0 saturated heterocycles. The number of hydrogen-bond donors (Lipinski definition) is 2. The van der Waals surface area contributed by atoms with Crippen LogP contribution in [-0.4, -0.2) is 18.0 Å². The van der Waals surface area contributed by atoms with E-state index < -0.39 is 23.2 Å². The molecule has 19 heavy (non-hydrogen) atoms. The molecule has 0 radical (unpaired) electrons. The highest BCUT2D eigenvalue weighted by atomic mass is 19.4. The molecule has 0 unspecified atom stereocenters. The first-order valence-corrected chi connectivity index (χ1v) is 5.75. The molecular weight excluding hydrogens is 257 g/mol. The van der Waals surface area contributed by atoms with Crippen molar-refractivity contribution in [3.8, 4) is 0 Å². The summed E-state index contributed by atoms with van der Waals surface area (Å²) in [5.41, 5.74) is 4.88. The summed E-state index contributed by atoms with van der Waals surface area (Å²) in [6, 6.07) is 3.04. The summed E-state index contributed by atoms with van der Waals surface area (Å²) in [7, 11) is 0. The fraction of sp³-hybridized carbons (Fsp3) is 0.462. The third kappa shape index (κ3) is 4.55. The number of rotatable bonds is 3. The maximum atomic E-state index is 12.5. The van der Waals surface area contributed by atoms with Crippen molar-refractivity contribution < 1.29 is 18.0 Å². The van der Waals surface area contributed by atoms with Crippen molar-refractivity contribution in [1.29, 1.82) is 0 Å². The highest BCUT2D eigenvalue weighted by molar-refractivity contribution is 5.95. The summed E-state index contributed by atoms with van der Waals surface area (Å²) < 4.78 is 37.5. The number of hydrogen-bond acceptors (Lipinski definition) is 2. The first kappa shape index (κ1) is 15.5. The normalized spacial score (nSPS) is 12.4. The van der Waals surface area contributed by atoms with Crippen molar-refractivity contribution in [2.24, 2.45) is 5.73 Å². The second kappa shape index (κ2) is 5.21. The quantitative estimate of drug-likeness (QED) is 0.889. The lowest BCUT2D eigenvalue weighted by Crippen LogP contribution is -2.45. The van der Waals surface area contributed by atoms with Crippen LogP contribution in [0.1, 0.15) is 35.3 Å². The van der Waals surface area contributed by atoms with Gasteiger partial charge in [-0.05, 0) is 44.5 Å². The monoisotopic (exact) mass is 274 g/mol. The van der Waals surface area contributed by atoms with Gasteiger partial charge in [0, 0.05) is 17.6 Å². The summed E-state index contributed by atoms with van der Waals surface area (Å²) >= 11 is 0. The highest BCUT2D eigenvalue weighted by Crippen LogP contribution is 2.30. The van der Waals surface area contributed by atoms with E-state index in [0.717, 1.165) is 12.1 Å². The Kier molecular flexibility index (Phi) is 4.25. The Labute approximate surface area is 110 Å². The lowest BCUT2D eigenvalue weighted by molar-refractivity contribution is -0.137. The molecule has 0 bridgehead atoms. The molecule has 0 saturated carbocycles. The molecule has 0 atom stereocenters. The van der Waals surface area contributed by atoms with Crippen LogP contribution in [0.4, 0.5) is 13.2 Å². The van der Waals surface area contributed by atoms with Crippen molar-refractivity contribution in [3.05, 3.63) is 34.9 Å². The van der Waals surface area contributed by atoms with Gasteiger partial charge in [-0.25, -0.2) is 0 Å². The van der Waals surface area contributed by atoms with Crippen molar-refractivity contribution >= 4 is 5.91 Å². The largest absolute Gasteiger partial charge is 0.416 e. The van der Waals surface area contributed by atoms with Crippen LogP contribution in [0.2, 0.25) is 0 Å². The predicted molar refractivity (Wildman–Crippen MR) is 66.8 cm³/mol. The molecule has 0 aliphatic heterocycles. The van der Waals surface area contributed by atoms with Gasteiger partial charge in [-0.3, -0.25) is 4.79 Å². The minimum Gasteiger partial charge on any atom is -0.350 e. The van der Waals surface area contributed by atoms with E-state index in [0.29, 0.717) is 0 Å². The van der Waals surface area contributed by atoms with Crippen molar-refractivity contribution in [3.63, 3.8) is 0 Å². The molecule has 3 N–H and O–H groups in total. The number of halogens is 3. The third-order valence-electron chi connectivity index (χ3n) is 2.50.